The topological polar surface area (TPSA) is 39.2 Å². The summed E-state index contributed by atoms with van der Waals surface area (Å²) < 4.78 is 6.27. The third kappa shape index (κ3) is 2.23. The summed E-state index contributed by atoms with van der Waals surface area (Å²) in [6.07, 6.45) is 13.0. The Labute approximate surface area is 110 Å². The fraction of sp³-hybridized carbons (Fsp3) is 0.750. The maximum absolute atomic E-state index is 6.27. The summed E-state index contributed by atoms with van der Waals surface area (Å²) in [5.41, 5.74) is 8.87. The van der Waals surface area contributed by atoms with Crippen molar-refractivity contribution >= 4 is 0 Å². The minimum absolute atomic E-state index is 0.657. The van der Waals surface area contributed by atoms with Crippen molar-refractivity contribution in [3.63, 3.8) is 0 Å². The number of nitrogens with two attached hydrogens (primary N) is 1. The Bertz CT molecular complexity index is 401. The number of aryl methyl sites for hydroxylation is 1. The van der Waals surface area contributed by atoms with Gasteiger partial charge in [0.2, 0.25) is 0 Å². The number of hydrogen-bond acceptors (Lipinski definition) is 2. The van der Waals surface area contributed by atoms with E-state index in [2.05, 4.69) is 0 Å². The molecule has 18 heavy (non-hydrogen) atoms. The molecule has 1 aromatic rings. The third-order valence-corrected chi connectivity index (χ3v) is 4.74. The minimum atomic E-state index is 0.657. The monoisotopic (exact) mass is 247 g/mol. The van der Waals surface area contributed by atoms with Gasteiger partial charge in [-0.15, -0.1) is 0 Å². The van der Waals surface area contributed by atoms with Crippen LogP contribution >= 0.6 is 0 Å². The Hall–Kier alpha value is -0.760. The largest absolute Gasteiger partial charge is 0.465 e. The van der Waals surface area contributed by atoms with Gasteiger partial charge in [-0.2, -0.15) is 0 Å². The van der Waals surface area contributed by atoms with E-state index in [1.54, 1.807) is 0 Å². The first kappa shape index (κ1) is 12.3. The summed E-state index contributed by atoms with van der Waals surface area (Å²) in [5.74, 6) is 3.20. The van der Waals surface area contributed by atoms with E-state index in [0.29, 0.717) is 12.5 Å². The van der Waals surface area contributed by atoms with Crippen molar-refractivity contribution < 1.29 is 4.42 Å². The van der Waals surface area contributed by atoms with Crippen LogP contribution in [-0.4, -0.2) is 0 Å². The van der Waals surface area contributed by atoms with Crippen LogP contribution in [0.15, 0.2) is 4.42 Å². The van der Waals surface area contributed by atoms with E-state index in [1.807, 2.05) is 0 Å². The van der Waals surface area contributed by atoms with Crippen LogP contribution in [-0.2, 0) is 19.4 Å². The van der Waals surface area contributed by atoms with Crippen LogP contribution in [0.1, 0.15) is 79.9 Å². The summed E-state index contributed by atoms with van der Waals surface area (Å²) in [4.78, 5) is 0. The zero-order valence-electron chi connectivity index (χ0n) is 11.3. The first-order valence-electron chi connectivity index (χ1n) is 7.73. The molecule has 0 bridgehead atoms. The molecule has 2 N–H and O–H groups in total. The quantitative estimate of drug-likeness (QED) is 0.801. The average molecular weight is 247 g/mol. The van der Waals surface area contributed by atoms with Gasteiger partial charge in [0.25, 0.3) is 0 Å². The highest BCUT2D eigenvalue weighted by Gasteiger charge is 2.26. The maximum Gasteiger partial charge on any atom is 0.112 e. The molecule has 0 spiro atoms. The maximum atomic E-state index is 6.27. The second kappa shape index (κ2) is 5.48. The van der Waals surface area contributed by atoms with Gasteiger partial charge in [-0.1, -0.05) is 25.7 Å². The second-order valence-corrected chi connectivity index (χ2v) is 5.95. The molecule has 2 nitrogen and oxygen atoms in total. The predicted molar refractivity (Wildman–Crippen MR) is 73.7 cm³/mol. The van der Waals surface area contributed by atoms with Crippen LogP contribution < -0.4 is 5.73 Å². The summed E-state index contributed by atoms with van der Waals surface area (Å²) in [6.45, 7) is 0.671. The fourth-order valence-electron chi connectivity index (χ4n) is 3.75. The van der Waals surface area contributed by atoms with Gasteiger partial charge >= 0.3 is 0 Å². The van der Waals surface area contributed by atoms with Crippen molar-refractivity contribution in [2.24, 2.45) is 5.73 Å². The Morgan fingerprint density at radius 1 is 0.944 bits per heavy atom. The summed E-state index contributed by atoms with van der Waals surface area (Å²) in [6, 6.07) is 0. The molecule has 0 atom stereocenters. The minimum Gasteiger partial charge on any atom is -0.465 e. The van der Waals surface area contributed by atoms with E-state index in [4.69, 9.17) is 10.2 Å². The summed E-state index contributed by atoms with van der Waals surface area (Å²) in [5, 5.41) is 0. The van der Waals surface area contributed by atoms with Crippen LogP contribution in [0.3, 0.4) is 0 Å². The standard InChI is InChI=1S/C16H25NO/c17-11-14-13-9-5-2-6-10-15(13)18-16(14)12-7-3-1-4-8-12/h12H,1-11,17H2. The zero-order chi connectivity index (χ0) is 12.4. The van der Waals surface area contributed by atoms with Crippen LogP contribution in [0.2, 0.25) is 0 Å². The summed E-state index contributed by atoms with van der Waals surface area (Å²) >= 11 is 0. The molecule has 2 aliphatic rings. The highest BCUT2D eigenvalue weighted by Crippen LogP contribution is 2.39. The van der Waals surface area contributed by atoms with E-state index in [0.717, 1.165) is 6.42 Å². The van der Waals surface area contributed by atoms with E-state index >= 15 is 0 Å². The molecule has 3 rings (SSSR count). The summed E-state index contributed by atoms with van der Waals surface area (Å²) in [7, 11) is 0. The van der Waals surface area contributed by atoms with Gasteiger partial charge in [0.15, 0.2) is 0 Å². The number of furan rings is 1. The average Bonchev–Trinajstić information content (AvgIpc) is 2.61. The van der Waals surface area contributed by atoms with Gasteiger partial charge in [-0.25, -0.2) is 0 Å². The predicted octanol–water partition coefficient (Wildman–Crippen LogP) is 4.05. The molecule has 1 saturated carbocycles. The molecule has 2 aliphatic carbocycles. The molecule has 0 radical (unpaired) electrons. The molecule has 1 fully saturated rings. The Morgan fingerprint density at radius 3 is 2.44 bits per heavy atom. The van der Waals surface area contributed by atoms with Gasteiger partial charge in [0, 0.05) is 24.4 Å². The molecular weight excluding hydrogens is 222 g/mol. The molecular formula is C16H25NO. The van der Waals surface area contributed by atoms with Crippen LogP contribution in [0.5, 0.6) is 0 Å². The SMILES string of the molecule is NCc1c(C2CCCCC2)oc2c1CCCCC2. The van der Waals surface area contributed by atoms with Gasteiger partial charge in [-0.05, 0) is 37.7 Å². The first-order valence-corrected chi connectivity index (χ1v) is 7.73. The number of fused-ring (bicyclic) bond motifs is 1. The van der Waals surface area contributed by atoms with E-state index in [9.17, 15) is 0 Å². The molecule has 0 amide bonds. The van der Waals surface area contributed by atoms with Crippen molar-refractivity contribution in [1.82, 2.24) is 0 Å². The van der Waals surface area contributed by atoms with Crippen LogP contribution in [0.4, 0.5) is 0 Å². The van der Waals surface area contributed by atoms with Crippen molar-refractivity contribution in [3.8, 4) is 0 Å². The van der Waals surface area contributed by atoms with Gasteiger partial charge in [-0.3, -0.25) is 0 Å². The molecule has 1 heterocycles. The first-order chi connectivity index (χ1) is 8.90. The molecule has 0 aromatic carbocycles. The van der Waals surface area contributed by atoms with Crippen LogP contribution in [0, 0.1) is 0 Å². The number of hydrogen-bond donors (Lipinski definition) is 1. The van der Waals surface area contributed by atoms with Gasteiger partial charge in [0.05, 0.1) is 0 Å². The van der Waals surface area contributed by atoms with Crippen molar-refractivity contribution in [3.05, 3.63) is 22.6 Å². The Kier molecular flexibility index (Phi) is 3.74. The lowest BCUT2D eigenvalue weighted by Crippen LogP contribution is -2.09. The molecule has 100 valence electrons. The molecule has 0 saturated heterocycles. The van der Waals surface area contributed by atoms with E-state index < -0.39 is 0 Å². The fourth-order valence-corrected chi connectivity index (χ4v) is 3.75. The highest BCUT2D eigenvalue weighted by atomic mass is 16.3. The zero-order valence-corrected chi connectivity index (χ0v) is 11.3. The van der Waals surface area contributed by atoms with E-state index in [-0.39, 0.29) is 0 Å². The third-order valence-electron chi connectivity index (χ3n) is 4.74. The van der Waals surface area contributed by atoms with Crippen molar-refractivity contribution in [1.29, 1.82) is 0 Å². The number of rotatable bonds is 2. The molecule has 0 unspecified atom stereocenters. The van der Waals surface area contributed by atoms with Crippen molar-refractivity contribution in [2.45, 2.75) is 76.7 Å². The van der Waals surface area contributed by atoms with Gasteiger partial charge < -0.3 is 10.2 Å². The smallest absolute Gasteiger partial charge is 0.112 e. The Morgan fingerprint density at radius 2 is 1.67 bits per heavy atom. The second-order valence-electron chi connectivity index (χ2n) is 5.95. The lowest BCUT2D eigenvalue weighted by atomic mass is 9.85. The lowest BCUT2D eigenvalue weighted by molar-refractivity contribution is 0.358. The van der Waals surface area contributed by atoms with Crippen molar-refractivity contribution in [2.75, 3.05) is 0 Å². The van der Waals surface area contributed by atoms with E-state index in [1.165, 1.54) is 80.4 Å². The molecule has 0 aliphatic heterocycles. The molecule has 2 heteroatoms. The van der Waals surface area contributed by atoms with Crippen LogP contribution in [0.25, 0.3) is 0 Å². The van der Waals surface area contributed by atoms with Gasteiger partial charge in [0.1, 0.15) is 11.5 Å². The lowest BCUT2D eigenvalue weighted by Gasteiger charge is -2.20. The highest BCUT2D eigenvalue weighted by molar-refractivity contribution is 5.36. The Balaban J connectivity index is 1.93. The normalized spacial score (nSPS) is 21.6. The molecule has 1 aromatic heterocycles.